The third-order valence-electron chi connectivity index (χ3n) is 6.07. The van der Waals surface area contributed by atoms with Crippen molar-refractivity contribution in [3.05, 3.63) is 47.6 Å². The second-order valence-corrected chi connectivity index (χ2v) is 10.5. The van der Waals surface area contributed by atoms with Gasteiger partial charge in [-0.25, -0.2) is 23.7 Å². The number of halogens is 1. The molecule has 2 aromatic rings. The van der Waals surface area contributed by atoms with Crippen molar-refractivity contribution in [3.8, 4) is 11.6 Å². The molecule has 12 nitrogen and oxygen atoms in total. The van der Waals surface area contributed by atoms with E-state index >= 15 is 0 Å². The van der Waals surface area contributed by atoms with Gasteiger partial charge >= 0.3 is 6.09 Å². The number of fused-ring (bicyclic) bond motifs is 2. The van der Waals surface area contributed by atoms with E-state index in [2.05, 4.69) is 4.98 Å². The maximum Gasteiger partial charge on any atom is 0.410 e. The Labute approximate surface area is 212 Å². The van der Waals surface area contributed by atoms with Gasteiger partial charge in [-0.2, -0.15) is 4.31 Å². The number of sulfonamides is 1. The molecule has 0 spiro atoms. The topological polar surface area (TPSA) is 148 Å². The number of aromatic nitrogens is 1. The van der Waals surface area contributed by atoms with Gasteiger partial charge in [0.2, 0.25) is 15.9 Å². The Morgan fingerprint density at radius 1 is 1.17 bits per heavy atom. The third kappa shape index (κ3) is 5.25. The van der Waals surface area contributed by atoms with Crippen molar-refractivity contribution < 1.29 is 37.4 Å². The van der Waals surface area contributed by atoms with Crippen LogP contribution in [-0.4, -0.2) is 84.8 Å². The molecule has 2 amide bonds. The molecule has 2 aliphatic rings. The molecule has 3 heterocycles. The van der Waals surface area contributed by atoms with Gasteiger partial charge in [0.1, 0.15) is 23.3 Å². The number of hydroxylamine groups is 1. The number of benzene rings is 1. The fraction of sp³-hybridized carbons (Fsp3) is 0.409. The normalized spacial score (nSPS) is 21.8. The van der Waals surface area contributed by atoms with Crippen LogP contribution in [0.5, 0.6) is 11.6 Å². The average Bonchev–Trinajstić information content (AvgIpc) is 3.18. The van der Waals surface area contributed by atoms with Gasteiger partial charge in [-0.1, -0.05) is 11.6 Å². The van der Waals surface area contributed by atoms with Crippen LogP contribution < -0.4 is 10.2 Å². The predicted octanol–water partition coefficient (Wildman–Crippen LogP) is 2.02. The third-order valence-corrected chi connectivity index (χ3v) is 8.15. The molecule has 1 aromatic carbocycles. The monoisotopic (exact) mass is 540 g/mol. The first-order chi connectivity index (χ1) is 17.3. The Balaban J connectivity index is 1.56. The second kappa shape index (κ2) is 11.0. The fourth-order valence-electron chi connectivity index (χ4n) is 4.44. The Kier molecular flexibility index (Phi) is 7.95. The summed E-state index contributed by atoms with van der Waals surface area (Å²) >= 11 is 5.86. The summed E-state index contributed by atoms with van der Waals surface area (Å²) in [5.74, 6) is -0.328. The van der Waals surface area contributed by atoms with Crippen LogP contribution in [0, 0.1) is 0 Å². The Morgan fingerprint density at radius 2 is 1.92 bits per heavy atom. The number of pyridine rings is 1. The number of hydrogen-bond donors (Lipinski definition) is 2. The van der Waals surface area contributed by atoms with Crippen LogP contribution in [0.15, 0.2) is 47.5 Å². The second-order valence-electron chi connectivity index (χ2n) is 8.20. The summed E-state index contributed by atoms with van der Waals surface area (Å²) in [5, 5.41) is 9.89. The van der Waals surface area contributed by atoms with Gasteiger partial charge in [-0.05, 0) is 43.2 Å². The van der Waals surface area contributed by atoms with Crippen LogP contribution in [0.25, 0.3) is 0 Å². The van der Waals surface area contributed by atoms with E-state index in [-0.39, 0.29) is 30.5 Å². The number of nitrogens with one attached hydrogen (secondary N) is 1. The molecule has 2 aliphatic heterocycles. The molecule has 14 heteroatoms. The quantitative estimate of drug-likeness (QED) is 0.291. The zero-order chi connectivity index (χ0) is 25.9. The van der Waals surface area contributed by atoms with Gasteiger partial charge in [-0.15, -0.1) is 0 Å². The van der Waals surface area contributed by atoms with E-state index in [0.29, 0.717) is 23.6 Å². The molecule has 4 rings (SSSR count). The van der Waals surface area contributed by atoms with E-state index in [4.69, 9.17) is 25.8 Å². The number of carbonyl (C=O) groups excluding carboxylic acids is 2. The molecular weight excluding hydrogens is 516 g/mol. The summed E-state index contributed by atoms with van der Waals surface area (Å²) in [4.78, 5) is 30.6. The summed E-state index contributed by atoms with van der Waals surface area (Å²) in [6.07, 6.45) is 1.29. The van der Waals surface area contributed by atoms with E-state index in [0.717, 1.165) is 10.5 Å². The zero-order valence-electron chi connectivity index (χ0n) is 19.2. The molecule has 2 fully saturated rings. The van der Waals surface area contributed by atoms with Crippen molar-refractivity contribution >= 4 is 33.6 Å². The van der Waals surface area contributed by atoms with Crippen LogP contribution in [-0.2, 0) is 24.3 Å². The minimum absolute atomic E-state index is 0.0141. The lowest BCUT2D eigenvalue weighted by atomic mass is 10.1. The number of nitrogens with zero attached hydrogens (tertiary/aromatic N) is 3. The molecular formula is C22H25ClN4O8S. The van der Waals surface area contributed by atoms with Crippen LogP contribution in [0.2, 0.25) is 5.02 Å². The highest BCUT2D eigenvalue weighted by Gasteiger charge is 2.55. The molecule has 0 aliphatic carbocycles. The van der Waals surface area contributed by atoms with Gasteiger partial charge in [-0.3, -0.25) is 14.9 Å². The van der Waals surface area contributed by atoms with Crippen molar-refractivity contribution in [1.29, 1.82) is 0 Å². The first-order valence-electron chi connectivity index (χ1n) is 11.1. The molecule has 1 aromatic heterocycles. The summed E-state index contributed by atoms with van der Waals surface area (Å²) < 4.78 is 43.8. The summed E-state index contributed by atoms with van der Waals surface area (Å²) in [7, 11) is -2.76. The zero-order valence-corrected chi connectivity index (χ0v) is 20.8. The minimum Gasteiger partial charge on any atom is -0.447 e. The van der Waals surface area contributed by atoms with Gasteiger partial charge in [0.05, 0.1) is 18.8 Å². The van der Waals surface area contributed by atoms with E-state index in [1.165, 1.54) is 29.6 Å². The Bertz CT molecular complexity index is 1200. The van der Waals surface area contributed by atoms with Gasteiger partial charge in [0, 0.05) is 30.8 Å². The highest BCUT2D eigenvalue weighted by Crippen LogP contribution is 2.38. The average molecular weight is 541 g/mol. The molecule has 0 unspecified atom stereocenters. The Hall–Kier alpha value is -2.97. The van der Waals surface area contributed by atoms with Gasteiger partial charge in [0.25, 0.3) is 5.91 Å². The van der Waals surface area contributed by atoms with Crippen LogP contribution in [0.1, 0.15) is 12.8 Å². The van der Waals surface area contributed by atoms with Gasteiger partial charge < -0.3 is 14.2 Å². The number of carbonyl (C=O) groups is 2. The lowest BCUT2D eigenvalue weighted by Gasteiger charge is -2.44. The first-order valence-corrected chi connectivity index (χ1v) is 12.9. The molecule has 36 heavy (non-hydrogen) atoms. The van der Waals surface area contributed by atoms with Crippen molar-refractivity contribution in [2.75, 3.05) is 26.9 Å². The Morgan fingerprint density at radius 3 is 2.56 bits per heavy atom. The van der Waals surface area contributed by atoms with Crippen molar-refractivity contribution in [2.24, 2.45) is 0 Å². The number of piperazine rings is 1. The van der Waals surface area contributed by atoms with Crippen LogP contribution in [0.4, 0.5) is 4.79 Å². The standard InChI is InChI=1S/C22H25ClN4O8S/c1-33-10-11-34-22(29)27-15-4-8-18(27)20(21(28)25-30)26(13-15)36(31,32)17-7-9-19(24-12-17)35-16-5-2-14(23)3-6-16/h2-3,5-7,9,12,15,18,20,30H,4,8,10-11,13H2,1H3,(H,25,28)/t15-,18+,20-/m1/s1. The predicted molar refractivity (Wildman–Crippen MR) is 125 cm³/mol. The van der Waals surface area contributed by atoms with E-state index in [1.807, 2.05) is 0 Å². The molecule has 0 radical (unpaired) electrons. The van der Waals surface area contributed by atoms with Crippen molar-refractivity contribution in [1.82, 2.24) is 19.7 Å². The summed E-state index contributed by atoms with van der Waals surface area (Å²) in [5.41, 5.74) is 1.53. The fourth-order valence-corrected chi connectivity index (χ4v) is 6.17. The molecule has 2 N–H and O–H groups in total. The maximum atomic E-state index is 13.5. The summed E-state index contributed by atoms with van der Waals surface area (Å²) in [6.45, 7) is 0.0558. The maximum absolute atomic E-state index is 13.5. The molecule has 194 valence electrons. The van der Waals surface area contributed by atoms with E-state index in [9.17, 15) is 23.2 Å². The molecule has 0 saturated carbocycles. The van der Waals surface area contributed by atoms with Crippen LogP contribution >= 0.6 is 11.6 Å². The first kappa shape index (κ1) is 26.1. The molecule has 2 bridgehead atoms. The number of methoxy groups -OCH3 is 1. The van der Waals surface area contributed by atoms with Gasteiger partial charge in [0.15, 0.2) is 0 Å². The largest absolute Gasteiger partial charge is 0.447 e. The lowest BCUT2D eigenvalue weighted by Crippen LogP contribution is -2.66. The number of hydrogen-bond acceptors (Lipinski definition) is 9. The summed E-state index contributed by atoms with van der Waals surface area (Å²) in [6, 6.07) is 6.59. The highest BCUT2D eigenvalue weighted by atomic mass is 35.5. The highest BCUT2D eigenvalue weighted by molar-refractivity contribution is 7.89. The number of rotatable bonds is 8. The van der Waals surface area contributed by atoms with Crippen molar-refractivity contribution in [2.45, 2.75) is 35.9 Å². The SMILES string of the molecule is COCCOC(=O)N1[C@@H]2CC[C@H]1[C@H](C(=O)NO)N(S(=O)(=O)c1ccc(Oc3ccc(Cl)cc3)nc1)C2. The lowest BCUT2D eigenvalue weighted by molar-refractivity contribution is -0.136. The minimum atomic E-state index is -4.23. The van der Waals surface area contributed by atoms with Crippen LogP contribution in [0.3, 0.4) is 0 Å². The molecule has 3 atom stereocenters. The molecule has 2 saturated heterocycles. The number of amides is 2. The number of ether oxygens (including phenoxy) is 3. The van der Waals surface area contributed by atoms with Crippen molar-refractivity contribution in [3.63, 3.8) is 0 Å². The van der Waals surface area contributed by atoms with E-state index < -0.39 is 40.1 Å². The van der Waals surface area contributed by atoms with E-state index in [1.54, 1.807) is 24.3 Å². The smallest absolute Gasteiger partial charge is 0.410 e.